The molecule has 2 aromatic carbocycles. The van der Waals surface area contributed by atoms with Gasteiger partial charge in [0, 0.05) is 48.4 Å². The fourth-order valence-corrected chi connectivity index (χ4v) is 5.78. The molecule has 1 amide bonds. The molecular formula is C30H27ClFN5O4S. The number of amides is 1. The number of morpholine rings is 1. The number of fused-ring (bicyclic) bond motifs is 1. The molecule has 0 unspecified atom stereocenters. The van der Waals surface area contributed by atoms with Gasteiger partial charge in [0.05, 0.1) is 34.3 Å². The van der Waals surface area contributed by atoms with Gasteiger partial charge >= 0.3 is 6.09 Å². The summed E-state index contributed by atoms with van der Waals surface area (Å²) in [5.74, 6) is 7.21. The minimum Gasteiger partial charge on any atom is -0.489 e. The first-order valence-corrected chi connectivity index (χ1v) is 14.7. The van der Waals surface area contributed by atoms with Crippen LogP contribution < -0.4 is 15.4 Å². The van der Waals surface area contributed by atoms with Gasteiger partial charge in [0.25, 0.3) is 0 Å². The number of halogens is 2. The van der Waals surface area contributed by atoms with Crippen molar-refractivity contribution < 1.29 is 23.4 Å². The predicted molar refractivity (Wildman–Crippen MR) is 159 cm³/mol. The van der Waals surface area contributed by atoms with Gasteiger partial charge in [-0.25, -0.2) is 19.2 Å². The largest absolute Gasteiger partial charge is 0.489 e. The van der Waals surface area contributed by atoms with E-state index in [0.29, 0.717) is 55.9 Å². The number of benzene rings is 2. The van der Waals surface area contributed by atoms with Crippen LogP contribution in [0.1, 0.15) is 16.9 Å². The first kappa shape index (κ1) is 28.2. The number of nitrogens with one attached hydrogen (secondary N) is 2. The maximum absolute atomic E-state index is 13.4. The molecule has 2 aromatic heterocycles. The molecule has 0 aliphatic carbocycles. The maximum atomic E-state index is 13.4. The summed E-state index contributed by atoms with van der Waals surface area (Å²) < 4.78 is 30.9. The monoisotopic (exact) mass is 607 g/mol. The second kappa shape index (κ2) is 12.9. The average Bonchev–Trinajstić information content (AvgIpc) is 3.63. The van der Waals surface area contributed by atoms with E-state index in [1.54, 1.807) is 23.1 Å². The Morgan fingerprint density at radius 1 is 1.21 bits per heavy atom. The Morgan fingerprint density at radius 2 is 2.10 bits per heavy atom. The van der Waals surface area contributed by atoms with E-state index in [0.717, 1.165) is 26.3 Å². The highest BCUT2D eigenvalue weighted by Crippen LogP contribution is 2.32. The van der Waals surface area contributed by atoms with E-state index in [-0.39, 0.29) is 30.7 Å². The SMILES string of the molecule is O=C(O[C@H]1CN[C@H](C#Cc2cc3ncnc(Nc4ccc(COc5cccc(F)c5)c(Cl)c4)c3s2)C1)N1CCOCC1. The molecule has 216 valence electrons. The smallest absolute Gasteiger partial charge is 0.410 e. The molecule has 42 heavy (non-hydrogen) atoms. The molecule has 0 radical (unpaired) electrons. The second-order valence-corrected chi connectivity index (χ2v) is 11.3. The Hall–Kier alpha value is -3.95. The summed E-state index contributed by atoms with van der Waals surface area (Å²) >= 11 is 8.01. The van der Waals surface area contributed by atoms with Crippen LogP contribution in [0.3, 0.4) is 0 Å². The van der Waals surface area contributed by atoms with Crippen LogP contribution in [-0.4, -0.2) is 66.0 Å². The van der Waals surface area contributed by atoms with Gasteiger partial charge in [-0.05, 0) is 30.3 Å². The lowest BCUT2D eigenvalue weighted by Crippen LogP contribution is -2.42. The van der Waals surface area contributed by atoms with Crippen molar-refractivity contribution >= 4 is 50.8 Å². The van der Waals surface area contributed by atoms with Crippen molar-refractivity contribution in [3.63, 3.8) is 0 Å². The molecule has 2 saturated heterocycles. The molecule has 9 nitrogen and oxygen atoms in total. The topological polar surface area (TPSA) is 97.8 Å². The summed E-state index contributed by atoms with van der Waals surface area (Å²) in [6, 6.07) is 13.4. The highest BCUT2D eigenvalue weighted by atomic mass is 35.5. The van der Waals surface area contributed by atoms with E-state index >= 15 is 0 Å². The molecular weight excluding hydrogens is 581 g/mol. The van der Waals surface area contributed by atoms with E-state index < -0.39 is 0 Å². The summed E-state index contributed by atoms with van der Waals surface area (Å²) in [5.41, 5.74) is 2.31. The summed E-state index contributed by atoms with van der Waals surface area (Å²) in [6.45, 7) is 2.97. The normalized spacial score (nSPS) is 18.4. The molecule has 6 rings (SSSR count). The Bertz CT molecular complexity index is 1650. The lowest BCUT2D eigenvalue weighted by Gasteiger charge is -2.27. The van der Waals surface area contributed by atoms with Crippen molar-refractivity contribution in [3.8, 4) is 17.6 Å². The molecule has 0 bridgehead atoms. The van der Waals surface area contributed by atoms with Crippen LogP contribution in [0.2, 0.25) is 5.02 Å². The molecule has 0 spiro atoms. The van der Waals surface area contributed by atoms with Crippen LogP contribution in [0.4, 0.5) is 20.7 Å². The fourth-order valence-electron chi connectivity index (χ4n) is 4.63. The number of ether oxygens (including phenoxy) is 3. The minimum atomic E-state index is -0.358. The molecule has 2 N–H and O–H groups in total. The summed E-state index contributed by atoms with van der Waals surface area (Å²) in [6.07, 6.45) is 1.62. The first-order chi connectivity index (χ1) is 20.5. The number of nitrogens with zero attached hydrogens (tertiary/aromatic N) is 3. The second-order valence-electron chi connectivity index (χ2n) is 9.80. The van der Waals surface area contributed by atoms with Gasteiger partial charge in [-0.15, -0.1) is 11.3 Å². The Morgan fingerprint density at radius 3 is 2.93 bits per heavy atom. The van der Waals surface area contributed by atoms with Crippen LogP contribution >= 0.6 is 22.9 Å². The molecule has 2 aliphatic heterocycles. The van der Waals surface area contributed by atoms with Gasteiger partial charge in [-0.1, -0.05) is 35.6 Å². The van der Waals surface area contributed by atoms with Crippen molar-refractivity contribution in [1.29, 1.82) is 0 Å². The zero-order chi connectivity index (χ0) is 28.9. The molecule has 2 atom stereocenters. The van der Waals surface area contributed by atoms with Crippen LogP contribution in [0.15, 0.2) is 54.9 Å². The van der Waals surface area contributed by atoms with Crippen LogP contribution in [-0.2, 0) is 16.1 Å². The molecule has 4 heterocycles. The van der Waals surface area contributed by atoms with Crippen molar-refractivity contribution in [2.24, 2.45) is 0 Å². The lowest BCUT2D eigenvalue weighted by atomic mass is 10.2. The van der Waals surface area contributed by atoms with E-state index in [9.17, 15) is 9.18 Å². The molecule has 2 aliphatic rings. The van der Waals surface area contributed by atoms with Gasteiger partial charge in [0.2, 0.25) is 0 Å². The third-order valence-corrected chi connectivity index (χ3v) is 8.21. The van der Waals surface area contributed by atoms with Crippen molar-refractivity contribution in [2.45, 2.75) is 25.2 Å². The number of hydrogen-bond acceptors (Lipinski definition) is 9. The van der Waals surface area contributed by atoms with Crippen LogP contribution in [0, 0.1) is 17.7 Å². The summed E-state index contributed by atoms with van der Waals surface area (Å²) in [5, 5.41) is 7.16. The van der Waals surface area contributed by atoms with Crippen LogP contribution in [0.5, 0.6) is 5.75 Å². The van der Waals surface area contributed by atoms with Crippen molar-refractivity contribution in [2.75, 3.05) is 38.2 Å². The number of rotatable bonds is 6. The minimum absolute atomic E-state index is 0.0769. The van der Waals surface area contributed by atoms with E-state index in [2.05, 4.69) is 32.4 Å². The third kappa shape index (κ3) is 6.91. The zero-order valence-electron chi connectivity index (χ0n) is 22.4. The average molecular weight is 608 g/mol. The number of anilines is 2. The zero-order valence-corrected chi connectivity index (χ0v) is 24.0. The highest BCUT2D eigenvalue weighted by molar-refractivity contribution is 7.20. The Balaban J connectivity index is 1.07. The van der Waals surface area contributed by atoms with E-state index in [1.165, 1.54) is 29.8 Å². The van der Waals surface area contributed by atoms with Crippen LogP contribution in [0.25, 0.3) is 10.2 Å². The summed E-state index contributed by atoms with van der Waals surface area (Å²) in [7, 11) is 0. The Kier molecular flexibility index (Phi) is 8.67. The van der Waals surface area contributed by atoms with Gasteiger partial charge in [-0.2, -0.15) is 0 Å². The van der Waals surface area contributed by atoms with Crippen molar-refractivity contribution in [1.82, 2.24) is 20.2 Å². The first-order valence-electron chi connectivity index (χ1n) is 13.5. The highest BCUT2D eigenvalue weighted by Gasteiger charge is 2.28. The molecule has 2 fully saturated rings. The fraction of sp³-hybridized carbons (Fsp3) is 0.300. The van der Waals surface area contributed by atoms with Gasteiger partial charge in [-0.3, -0.25) is 5.32 Å². The summed E-state index contributed by atoms with van der Waals surface area (Å²) in [4.78, 5) is 23.7. The predicted octanol–water partition coefficient (Wildman–Crippen LogP) is 5.36. The molecule has 4 aromatic rings. The third-order valence-electron chi connectivity index (χ3n) is 6.81. The van der Waals surface area contributed by atoms with E-state index in [1.807, 2.05) is 18.2 Å². The maximum Gasteiger partial charge on any atom is 0.410 e. The van der Waals surface area contributed by atoms with Crippen molar-refractivity contribution in [3.05, 3.63) is 76.1 Å². The lowest BCUT2D eigenvalue weighted by molar-refractivity contribution is 0.0156. The molecule has 0 saturated carbocycles. The standard InChI is InChI=1S/C30H27ClFN5O4S/c31-26-14-22(5-4-19(26)17-40-23-3-1-2-20(32)12-23)36-29-28-27(34-18-35-29)15-25(42-28)7-6-21-13-24(16-33-21)41-30(38)37-8-10-39-11-9-37/h1-5,12,14-15,18,21,24,33H,8-11,13,16-17H2,(H,34,35,36)/t21-,24-/m1/s1. The van der Waals surface area contributed by atoms with Gasteiger partial charge < -0.3 is 24.4 Å². The Labute approximate surface area is 251 Å². The van der Waals surface area contributed by atoms with Gasteiger partial charge in [0.1, 0.15) is 30.6 Å². The number of carbonyl (C=O) groups excluding carboxylic acids is 1. The number of hydrogen-bond donors (Lipinski definition) is 2. The molecule has 12 heteroatoms. The number of thiophene rings is 1. The van der Waals surface area contributed by atoms with E-state index in [4.69, 9.17) is 25.8 Å². The number of aromatic nitrogens is 2. The number of carbonyl (C=O) groups is 1. The quantitative estimate of drug-likeness (QED) is 0.283. The van der Waals surface area contributed by atoms with Gasteiger partial charge in [0.15, 0.2) is 5.82 Å².